The lowest BCUT2D eigenvalue weighted by Crippen LogP contribution is -2.58. The van der Waals surface area contributed by atoms with Gasteiger partial charge in [-0.05, 0) is 36.4 Å². The third-order valence-corrected chi connectivity index (χ3v) is 5.67. The first kappa shape index (κ1) is 20.0. The fourth-order valence-corrected chi connectivity index (χ4v) is 4.04. The fraction of sp³-hybridized carbons (Fsp3) is 0.381. The van der Waals surface area contributed by atoms with Crippen LogP contribution in [0.4, 0.5) is 0 Å². The van der Waals surface area contributed by atoms with E-state index < -0.39 is 23.6 Å². The molecule has 3 heterocycles. The van der Waals surface area contributed by atoms with Crippen LogP contribution >= 0.6 is 0 Å². The predicted molar refractivity (Wildman–Crippen MR) is 103 cm³/mol. The first-order valence-corrected chi connectivity index (χ1v) is 9.62. The summed E-state index contributed by atoms with van der Waals surface area (Å²) < 4.78 is 16.2. The van der Waals surface area contributed by atoms with Gasteiger partial charge in [0.25, 0.3) is 11.8 Å². The Morgan fingerprint density at radius 2 is 1.80 bits per heavy atom. The summed E-state index contributed by atoms with van der Waals surface area (Å²) in [5.74, 6) is -0.946. The largest absolute Gasteiger partial charge is 0.497 e. The number of carbonyl (C=O) groups is 3. The average molecular weight is 414 g/mol. The lowest BCUT2D eigenvalue weighted by atomic mass is 9.96. The third kappa shape index (κ3) is 3.41. The topological polar surface area (TPSA) is 110 Å². The number of rotatable bonds is 4. The van der Waals surface area contributed by atoms with E-state index in [2.05, 4.69) is 0 Å². The molecule has 1 N–H and O–H groups in total. The number of piperidine rings is 1. The van der Waals surface area contributed by atoms with Crippen molar-refractivity contribution in [2.75, 3.05) is 26.8 Å². The summed E-state index contributed by atoms with van der Waals surface area (Å²) in [6, 6.07) is 8.65. The molecular formula is C21H22N2O7. The van der Waals surface area contributed by atoms with Gasteiger partial charge in [-0.25, -0.2) is 4.79 Å². The van der Waals surface area contributed by atoms with E-state index in [9.17, 15) is 19.5 Å². The summed E-state index contributed by atoms with van der Waals surface area (Å²) in [7, 11) is 1.53. The van der Waals surface area contributed by atoms with Gasteiger partial charge in [0.2, 0.25) is 0 Å². The van der Waals surface area contributed by atoms with Gasteiger partial charge in [-0.15, -0.1) is 0 Å². The van der Waals surface area contributed by atoms with Crippen molar-refractivity contribution < 1.29 is 33.4 Å². The minimum Gasteiger partial charge on any atom is -0.497 e. The maximum atomic E-state index is 13.3. The van der Waals surface area contributed by atoms with Gasteiger partial charge in [-0.2, -0.15) is 0 Å². The smallest absolute Gasteiger partial charge is 0.328 e. The number of nitrogens with zero attached hydrogens (tertiary/aromatic N) is 2. The van der Waals surface area contributed by atoms with Crippen LogP contribution < -0.4 is 4.74 Å². The summed E-state index contributed by atoms with van der Waals surface area (Å²) in [5.41, 5.74) is -0.721. The summed E-state index contributed by atoms with van der Waals surface area (Å²) in [5, 5.41) is 9.67. The maximum Gasteiger partial charge on any atom is 0.328 e. The molecule has 0 saturated carbocycles. The molecule has 1 atom stereocenters. The zero-order chi connectivity index (χ0) is 21.3. The van der Waals surface area contributed by atoms with Crippen molar-refractivity contribution in [1.29, 1.82) is 0 Å². The molecule has 1 aromatic carbocycles. The van der Waals surface area contributed by atoms with Gasteiger partial charge in [0, 0.05) is 31.5 Å². The molecule has 1 aromatic heterocycles. The van der Waals surface area contributed by atoms with E-state index in [1.54, 1.807) is 41.3 Å². The van der Waals surface area contributed by atoms with Crippen molar-refractivity contribution in [3.63, 3.8) is 0 Å². The molecule has 4 rings (SSSR count). The van der Waals surface area contributed by atoms with E-state index in [1.165, 1.54) is 18.3 Å². The van der Waals surface area contributed by atoms with Crippen LogP contribution in [-0.4, -0.2) is 71.3 Å². The van der Waals surface area contributed by atoms with Crippen molar-refractivity contribution in [3.8, 4) is 5.75 Å². The molecule has 2 aliphatic heterocycles. The molecule has 9 nitrogen and oxygen atoms in total. The van der Waals surface area contributed by atoms with Crippen LogP contribution in [0.3, 0.4) is 0 Å². The van der Waals surface area contributed by atoms with E-state index in [4.69, 9.17) is 13.9 Å². The third-order valence-electron chi connectivity index (χ3n) is 5.67. The van der Waals surface area contributed by atoms with Gasteiger partial charge in [0.1, 0.15) is 11.5 Å². The average Bonchev–Trinajstić information content (AvgIpc) is 3.42. The summed E-state index contributed by atoms with van der Waals surface area (Å²) in [6.07, 6.45) is 2.06. The molecule has 1 spiro atoms. The predicted octanol–water partition coefficient (Wildman–Crippen LogP) is 1.85. The van der Waals surface area contributed by atoms with Crippen LogP contribution in [0.5, 0.6) is 5.75 Å². The number of benzene rings is 1. The van der Waals surface area contributed by atoms with E-state index in [-0.39, 0.29) is 18.3 Å². The van der Waals surface area contributed by atoms with E-state index in [1.807, 2.05) is 0 Å². The molecule has 2 amide bonds. The molecule has 0 radical (unpaired) electrons. The molecule has 2 saturated heterocycles. The highest BCUT2D eigenvalue weighted by molar-refractivity contribution is 5.97. The number of carbonyl (C=O) groups excluding carboxylic acids is 2. The standard InChI is InChI=1S/C21H22N2O7/c1-28-15-6-4-14(5-7-15)18(24)23-16(20(26)27)13-30-21(23)8-10-22(11-9-21)19(25)17-3-2-12-29-17/h2-7,12,16H,8-11,13H2,1H3,(H,26,27)/t16-/m0/s1. The van der Waals surface area contributed by atoms with Gasteiger partial charge in [-0.3, -0.25) is 14.5 Å². The molecule has 30 heavy (non-hydrogen) atoms. The van der Waals surface area contributed by atoms with Gasteiger partial charge in [0.15, 0.2) is 11.8 Å². The van der Waals surface area contributed by atoms with Gasteiger partial charge in [0.05, 0.1) is 20.0 Å². The summed E-state index contributed by atoms with van der Waals surface area (Å²) in [4.78, 5) is 40.6. The van der Waals surface area contributed by atoms with Crippen molar-refractivity contribution >= 4 is 17.8 Å². The number of amides is 2. The van der Waals surface area contributed by atoms with Gasteiger partial charge < -0.3 is 23.9 Å². The molecule has 0 aliphatic carbocycles. The molecule has 2 aliphatic rings. The number of aliphatic carboxylic acids is 1. The maximum absolute atomic E-state index is 13.3. The second-order valence-electron chi connectivity index (χ2n) is 7.28. The number of carboxylic acid groups (broad SMARTS) is 1. The Morgan fingerprint density at radius 3 is 2.37 bits per heavy atom. The van der Waals surface area contributed by atoms with Crippen molar-refractivity contribution in [3.05, 3.63) is 54.0 Å². The number of likely N-dealkylation sites (tertiary alicyclic amines) is 1. The van der Waals surface area contributed by atoms with Crippen LogP contribution in [-0.2, 0) is 9.53 Å². The number of hydrogen-bond donors (Lipinski definition) is 1. The molecular weight excluding hydrogens is 392 g/mol. The van der Waals surface area contributed by atoms with E-state index in [0.717, 1.165) is 0 Å². The van der Waals surface area contributed by atoms with Crippen LogP contribution in [0.1, 0.15) is 33.8 Å². The van der Waals surface area contributed by atoms with Crippen LogP contribution in [0.15, 0.2) is 47.1 Å². The highest BCUT2D eigenvalue weighted by atomic mass is 16.5. The lowest BCUT2D eigenvalue weighted by Gasteiger charge is -2.44. The Balaban J connectivity index is 1.56. The van der Waals surface area contributed by atoms with Crippen LogP contribution in [0, 0.1) is 0 Å². The zero-order valence-electron chi connectivity index (χ0n) is 16.4. The Kier molecular flexibility index (Phi) is 5.21. The van der Waals surface area contributed by atoms with Crippen LogP contribution in [0.2, 0.25) is 0 Å². The minimum atomic E-state index is -1.12. The van der Waals surface area contributed by atoms with E-state index >= 15 is 0 Å². The van der Waals surface area contributed by atoms with Crippen LogP contribution in [0.25, 0.3) is 0 Å². The highest BCUT2D eigenvalue weighted by Crippen LogP contribution is 2.39. The first-order chi connectivity index (χ1) is 14.4. The number of ether oxygens (including phenoxy) is 2. The monoisotopic (exact) mass is 414 g/mol. The Morgan fingerprint density at radius 1 is 1.10 bits per heavy atom. The number of furan rings is 1. The molecule has 9 heteroatoms. The highest BCUT2D eigenvalue weighted by Gasteiger charge is 2.54. The zero-order valence-corrected chi connectivity index (χ0v) is 16.4. The number of hydrogen-bond acceptors (Lipinski definition) is 6. The Bertz CT molecular complexity index is 931. The quantitative estimate of drug-likeness (QED) is 0.813. The second-order valence-corrected chi connectivity index (χ2v) is 7.28. The minimum absolute atomic E-state index is 0.0939. The Hall–Kier alpha value is -3.33. The Labute approximate surface area is 172 Å². The lowest BCUT2D eigenvalue weighted by molar-refractivity contribution is -0.143. The second kappa shape index (κ2) is 7.83. The molecule has 0 bridgehead atoms. The molecule has 0 unspecified atom stereocenters. The molecule has 2 fully saturated rings. The fourth-order valence-electron chi connectivity index (χ4n) is 4.04. The molecule has 158 valence electrons. The van der Waals surface area contributed by atoms with Crippen molar-refractivity contribution in [2.45, 2.75) is 24.6 Å². The molecule has 2 aromatic rings. The van der Waals surface area contributed by atoms with Gasteiger partial charge >= 0.3 is 5.97 Å². The SMILES string of the molecule is COc1ccc(C(=O)N2[C@H](C(=O)O)COC23CCN(C(=O)c2ccco2)CC3)cc1. The van der Waals surface area contributed by atoms with Crippen molar-refractivity contribution in [2.24, 2.45) is 0 Å². The summed E-state index contributed by atoms with van der Waals surface area (Å²) >= 11 is 0. The van der Waals surface area contributed by atoms with Gasteiger partial charge in [-0.1, -0.05) is 0 Å². The number of methoxy groups -OCH3 is 1. The van der Waals surface area contributed by atoms with Crippen molar-refractivity contribution in [1.82, 2.24) is 9.80 Å². The normalized spacial score (nSPS) is 20.4. The first-order valence-electron chi connectivity index (χ1n) is 9.62. The van der Waals surface area contributed by atoms with E-state index in [0.29, 0.717) is 37.2 Å². The number of carboxylic acids is 1. The summed E-state index contributed by atoms with van der Waals surface area (Å²) in [6.45, 7) is 0.542.